The molecular formula is C52H68N8O8. The molecule has 0 radical (unpaired) electrons. The summed E-state index contributed by atoms with van der Waals surface area (Å²) in [6.07, 6.45) is 6.18. The Bertz CT molecular complexity index is 2530. The maximum absolute atomic E-state index is 14.6. The Balaban J connectivity index is 0.972. The molecule has 2 aromatic carbocycles. The van der Waals surface area contributed by atoms with Crippen molar-refractivity contribution in [3.05, 3.63) is 71.7 Å². The number of hydrogen-bond donors (Lipinski definition) is 4. The lowest BCUT2D eigenvalue weighted by molar-refractivity contribution is -0.141. The molecule has 6 heterocycles. The predicted octanol–water partition coefficient (Wildman–Crippen LogP) is 7.81. The van der Waals surface area contributed by atoms with Gasteiger partial charge in [-0.1, -0.05) is 38.0 Å². The maximum atomic E-state index is 14.6. The zero-order valence-electron chi connectivity index (χ0n) is 41.0. The fraction of sp³-hybridized carbons (Fsp3) is 0.577. The molecule has 4 unspecified atom stereocenters. The number of carbonyl (C=O) groups is 4. The highest BCUT2D eigenvalue weighted by Gasteiger charge is 2.48. The van der Waals surface area contributed by atoms with Crippen LogP contribution in [0, 0.1) is 35.5 Å². The molecule has 2 aromatic heterocycles. The smallest absolute Gasteiger partial charge is 0.407 e. The first kappa shape index (κ1) is 48.5. The number of H-pyrrole nitrogens is 2. The van der Waals surface area contributed by atoms with Gasteiger partial charge in [0.2, 0.25) is 11.8 Å². The number of hydrogen-bond acceptors (Lipinski definition) is 10. The monoisotopic (exact) mass is 933 g/mol. The summed E-state index contributed by atoms with van der Waals surface area (Å²) in [4.78, 5) is 74.6. The molecule has 364 valence electrons. The van der Waals surface area contributed by atoms with Crippen LogP contribution in [0.15, 0.2) is 48.8 Å². The molecule has 0 aliphatic carbocycles. The minimum absolute atomic E-state index is 0.0345. The van der Waals surface area contributed by atoms with Gasteiger partial charge in [0.15, 0.2) is 0 Å². The van der Waals surface area contributed by atoms with Gasteiger partial charge in [-0.3, -0.25) is 9.59 Å². The molecule has 16 nitrogen and oxygen atoms in total. The standard InChI is InChI=1S/C52H68N8O8/c1-27-17-43(59(33(27)7)49(61)45(57-51(63)65-9)39-19-29(3)67-30(4)20-39)47-53-25-41(55-47)16-12-35-11-13-37-24-38(15-14-36(37)23-35)42-26-54-48(56-42)44-18-28(2)34(8)60(44)50(62)46(58-52(64)66-10)40-21-31(5)68-32(6)22-40/h11,13-15,23-34,39-40,43-46H,17-22H2,1-10H3,(H,53,55)(H,54,56)(H,57,63)(H,58,64)/t27-,28-,29-,30+,31-,32+,33-,34-,39?,40?,43+,44+,45?,46?/m1/s1. The first-order valence-electron chi connectivity index (χ1n) is 24.3. The molecule has 4 amide bonds. The number of benzene rings is 2. The molecule has 4 saturated heterocycles. The number of fused-ring (bicyclic) bond motifs is 1. The number of imidazole rings is 2. The Kier molecular flexibility index (Phi) is 14.5. The van der Waals surface area contributed by atoms with Crippen molar-refractivity contribution in [2.24, 2.45) is 23.7 Å². The van der Waals surface area contributed by atoms with Gasteiger partial charge in [-0.2, -0.15) is 0 Å². The fourth-order valence-corrected chi connectivity index (χ4v) is 11.4. The van der Waals surface area contributed by atoms with E-state index >= 15 is 0 Å². The van der Waals surface area contributed by atoms with Gasteiger partial charge in [-0.25, -0.2) is 19.6 Å². The molecule has 14 atom stereocenters. The van der Waals surface area contributed by atoms with Gasteiger partial charge in [-0.15, -0.1) is 0 Å². The number of likely N-dealkylation sites (tertiary alicyclic amines) is 2. The minimum atomic E-state index is -0.761. The summed E-state index contributed by atoms with van der Waals surface area (Å²) in [6, 6.07) is 10.1. The summed E-state index contributed by atoms with van der Waals surface area (Å²) in [5, 5.41) is 7.82. The van der Waals surface area contributed by atoms with E-state index < -0.39 is 24.3 Å². The number of amides is 4. The van der Waals surface area contributed by atoms with Crippen LogP contribution in [0.1, 0.15) is 129 Å². The molecule has 0 bridgehead atoms. The topological polar surface area (TPSA) is 193 Å². The number of nitrogens with zero attached hydrogens (tertiary/aromatic N) is 4. The lowest BCUT2D eigenvalue weighted by Gasteiger charge is -2.39. The second-order valence-corrected chi connectivity index (χ2v) is 20.0. The van der Waals surface area contributed by atoms with Crippen LogP contribution in [0.4, 0.5) is 9.59 Å². The average Bonchev–Trinajstić information content (AvgIpc) is 4.11. The van der Waals surface area contributed by atoms with Gasteiger partial charge in [0.25, 0.3) is 0 Å². The maximum Gasteiger partial charge on any atom is 0.407 e. The number of alkyl carbamates (subject to hydrolysis) is 2. The van der Waals surface area contributed by atoms with E-state index in [4.69, 9.17) is 28.9 Å². The predicted molar refractivity (Wildman–Crippen MR) is 256 cm³/mol. The molecule has 4 aliphatic rings. The Morgan fingerprint density at radius 3 is 1.62 bits per heavy atom. The summed E-state index contributed by atoms with van der Waals surface area (Å²) in [6.45, 7) is 16.4. The lowest BCUT2D eigenvalue weighted by Crippen LogP contribution is -2.55. The summed E-state index contributed by atoms with van der Waals surface area (Å²) >= 11 is 0. The Morgan fingerprint density at radius 2 is 1.10 bits per heavy atom. The van der Waals surface area contributed by atoms with Crippen LogP contribution in [0.3, 0.4) is 0 Å². The lowest BCUT2D eigenvalue weighted by atomic mass is 9.85. The van der Waals surface area contributed by atoms with Crippen LogP contribution in [0.5, 0.6) is 0 Å². The van der Waals surface area contributed by atoms with Crippen LogP contribution in [0.2, 0.25) is 0 Å². The van der Waals surface area contributed by atoms with Crippen LogP contribution in [0.25, 0.3) is 22.0 Å². The van der Waals surface area contributed by atoms with Crippen molar-refractivity contribution in [2.45, 2.75) is 155 Å². The summed E-state index contributed by atoms with van der Waals surface area (Å²) in [5.74, 6) is 7.83. The number of carbonyl (C=O) groups excluding carboxylic acids is 4. The Labute approximate surface area is 399 Å². The highest BCUT2D eigenvalue weighted by molar-refractivity contribution is 5.89. The molecule has 16 heteroatoms. The van der Waals surface area contributed by atoms with Crippen LogP contribution >= 0.6 is 0 Å². The van der Waals surface area contributed by atoms with Gasteiger partial charge >= 0.3 is 12.2 Å². The van der Waals surface area contributed by atoms with Gasteiger partial charge < -0.3 is 49.3 Å². The summed E-state index contributed by atoms with van der Waals surface area (Å²) in [7, 11) is 2.63. The van der Waals surface area contributed by atoms with E-state index in [1.165, 1.54) is 14.2 Å². The van der Waals surface area contributed by atoms with E-state index in [0.717, 1.165) is 40.4 Å². The zero-order chi connectivity index (χ0) is 48.6. The van der Waals surface area contributed by atoms with E-state index in [-0.39, 0.29) is 84.1 Å². The normalized spacial score (nSPS) is 30.3. The molecule has 0 spiro atoms. The van der Waals surface area contributed by atoms with Gasteiger partial charge in [-0.05, 0) is 139 Å². The highest BCUT2D eigenvalue weighted by atomic mass is 16.5. The van der Waals surface area contributed by atoms with Crippen LogP contribution in [-0.2, 0) is 28.5 Å². The highest BCUT2D eigenvalue weighted by Crippen LogP contribution is 2.43. The van der Waals surface area contributed by atoms with Crippen molar-refractivity contribution >= 4 is 34.8 Å². The number of aromatic amines is 2. The van der Waals surface area contributed by atoms with Crippen molar-refractivity contribution in [3.63, 3.8) is 0 Å². The Hall–Kier alpha value is -5.92. The summed E-state index contributed by atoms with van der Waals surface area (Å²) in [5.41, 5.74) is 3.27. The van der Waals surface area contributed by atoms with E-state index in [0.29, 0.717) is 43.0 Å². The number of rotatable bonds is 9. The van der Waals surface area contributed by atoms with Crippen molar-refractivity contribution in [1.82, 2.24) is 40.4 Å². The SMILES string of the molecule is COC(=O)NC(C(=O)N1[C@H](C)[C@H](C)C[C@H]1c1ncc(C#Cc2ccc3cc(-c4cnc([C@@H]5C[C@@H](C)[C@@H](C)N5C(=O)C(NC(=O)OC)C5C[C@@H](C)O[C@@H](C)C5)[nH]4)ccc3c2)[nH]1)C1C[C@@H](C)O[C@@H](C)C1. The molecule has 4 N–H and O–H groups in total. The second kappa shape index (κ2) is 20.4. The molecule has 4 aromatic rings. The van der Waals surface area contributed by atoms with Gasteiger partial charge in [0.05, 0.1) is 68.8 Å². The number of nitrogens with one attached hydrogen (secondary N) is 4. The third kappa shape index (κ3) is 10.2. The van der Waals surface area contributed by atoms with E-state index in [2.05, 4.69) is 90.5 Å². The van der Waals surface area contributed by atoms with Crippen molar-refractivity contribution in [3.8, 4) is 23.1 Å². The number of aromatic nitrogens is 4. The Morgan fingerprint density at radius 1 is 0.632 bits per heavy atom. The fourth-order valence-electron chi connectivity index (χ4n) is 11.4. The molecule has 4 aliphatic heterocycles. The van der Waals surface area contributed by atoms with E-state index in [1.54, 1.807) is 6.20 Å². The molecular weight excluding hydrogens is 865 g/mol. The second-order valence-electron chi connectivity index (χ2n) is 20.0. The van der Waals surface area contributed by atoms with Crippen LogP contribution < -0.4 is 10.6 Å². The molecule has 68 heavy (non-hydrogen) atoms. The van der Waals surface area contributed by atoms with Crippen molar-refractivity contribution in [1.29, 1.82) is 0 Å². The largest absolute Gasteiger partial charge is 0.453 e. The van der Waals surface area contributed by atoms with E-state index in [9.17, 15) is 19.2 Å². The molecule has 4 fully saturated rings. The molecule has 8 rings (SSSR count). The molecule has 0 saturated carbocycles. The quantitative estimate of drug-likeness (QED) is 0.120. The minimum Gasteiger partial charge on any atom is -0.453 e. The zero-order valence-corrected chi connectivity index (χ0v) is 41.0. The number of ether oxygens (including phenoxy) is 4. The first-order chi connectivity index (χ1) is 32.5. The van der Waals surface area contributed by atoms with Crippen LogP contribution in [-0.4, -0.2) is 117 Å². The van der Waals surface area contributed by atoms with Crippen molar-refractivity contribution < 1.29 is 38.1 Å². The number of methoxy groups -OCH3 is 2. The first-order valence-corrected chi connectivity index (χ1v) is 24.3. The average molecular weight is 933 g/mol. The van der Waals surface area contributed by atoms with Crippen molar-refractivity contribution in [2.75, 3.05) is 14.2 Å². The van der Waals surface area contributed by atoms with Gasteiger partial charge in [0.1, 0.15) is 29.4 Å². The van der Waals surface area contributed by atoms with E-state index in [1.807, 2.05) is 49.8 Å². The third-order valence-corrected chi connectivity index (χ3v) is 15.1. The summed E-state index contributed by atoms with van der Waals surface area (Å²) < 4.78 is 21.9. The van der Waals surface area contributed by atoms with Gasteiger partial charge in [0, 0.05) is 23.2 Å². The third-order valence-electron chi connectivity index (χ3n) is 15.1.